The van der Waals surface area contributed by atoms with Gasteiger partial charge in [-0.2, -0.15) is 0 Å². The van der Waals surface area contributed by atoms with Gasteiger partial charge in [-0.25, -0.2) is 0 Å². The standard InChI is InChI=1S/C15H15ClO4/c16-9-6-8-4-5-20-14(8)12(7-9)13(17)10-2-1-3-11(10)15(18)19/h6-7,10-11H,1-5H2,(H,18,19). The smallest absolute Gasteiger partial charge is 0.307 e. The van der Waals surface area contributed by atoms with Crippen LogP contribution >= 0.6 is 11.6 Å². The molecular formula is C15H15ClO4. The number of carboxylic acid groups (broad SMARTS) is 1. The van der Waals surface area contributed by atoms with Crippen LogP contribution in [-0.2, 0) is 11.2 Å². The largest absolute Gasteiger partial charge is 0.492 e. The average Bonchev–Trinajstić information content (AvgIpc) is 3.04. The van der Waals surface area contributed by atoms with Gasteiger partial charge in [0.25, 0.3) is 0 Å². The van der Waals surface area contributed by atoms with Crippen LogP contribution in [0.25, 0.3) is 0 Å². The van der Waals surface area contributed by atoms with Crippen LogP contribution in [-0.4, -0.2) is 23.5 Å². The van der Waals surface area contributed by atoms with E-state index < -0.39 is 17.8 Å². The molecule has 0 amide bonds. The van der Waals surface area contributed by atoms with Crippen LogP contribution in [0.1, 0.15) is 35.2 Å². The molecule has 1 heterocycles. The van der Waals surface area contributed by atoms with Crippen molar-refractivity contribution in [1.82, 2.24) is 0 Å². The van der Waals surface area contributed by atoms with Gasteiger partial charge in [0.15, 0.2) is 5.78 Å². The monoisotopic (exact) mass is 294 g/mol. The molecule has 0 radical (unpaired) electrons. The second-order valence-corrected chi connectivity index (χ2v) is 5.82. The van der Waals surface area contributed by atoms with E-state index in [1.165, 1.54) is 0 Å². The predicted octanol–water partition coefficient (Wildman–Crippen LogP) is 2.96. The Morgan fingerprint density at radius 3 is 2.75 bits per heavy atom. The van der Waals surface area contributed by atoms with E-state index in [2.05, 4.69) is 0 Å². The summed E-state index contributed by atoms with van der Waals surface area (Å²) >= 11 is 6.05. The van der Waals surface area contributed by atoms with Crippen molar-refractivity contribution in [2.45, 2.75) is 25.7 Å². The van der Waals surface area contributed by atoms with Crippen LogP contribution in [0, 0.1) is 11.8 Å². The quantitative estimate of drug-likeness (QED) is 0.871. The summed E-state index contributed by atoms with van der Waals surface area (Å²) in [6.45, 7) is 0.545. The molecule has 1 aliphatic carbocycles. The second kappa shape index (κ2) is 5.09. The van der Waals surface area contributed by atoms with E-state index in [1.807, 2.05) is 6.07 Å². The Balaban J connectivity index is 1.97. The Bertz CT molecular complexity index is 581. The first-order valence-corrected chi connectivity index (χ1v) is 7.18. The number of hydrogen-bond donors (Lipinski definition) is 1. The molecular weight excluding hydrogens is 280 g/mol. The van der Waals surface area contributed by atoms with Gasteiger partial charge in [0.2, 0.25) is 0 Å². The summed E-state index contributed by atoms with van der Waals surface area (Å²) in [5.41, 5.74) is 1.38. The van der Waals surface area contributed by atoms with Gasteiger partial charge in [0.05, 0.1) is 18.1 Å². The van der Waals surface area contributed by atoms with Gasteiger partial charge in [-0.05, 0) is 30.5 Å². The first kappa shape index (κ1) is 13.4. The molecule has 2 unspecified atom stereocenters. The van der Waals surface area contributed by atoms with E-state index in [9.17, 15) is 14.7 Å². The fraction of sp³-hybridized carbons (Fsp3) is 0.467. The number of ketones is 1. The zero-order valence-corrected chi connectivity index (χ0v) is 11.7. The number of benzene rings is 1. The van der Waals surface area contributed by atoms with Gasteiger partial charge in [0.1, 0.15) is 5.75 Å². The van der Waals surface area contributed by atoms with Crippen LogP contribution < -0.4 is 4.74 Å². The third-order valence-corrected chi connectivity index (χ3v) is 4.40. The number of aliphatic carboxylic acids is 1. The summed E-state index contributed by atoms with van der Waals surface area (Å²) in [5, 5.41) is 9.72. The number of carbonyl (C=O) groups is 2. The predicted molar refractivity (Wildman–Crippen MR) is 73.4 cm³/mol. The SMILES string of the molecule is O=C(O)C1CCCC1C(=O)c1cc(Cl)cc2c1OCC2. The number of carboxylic acids is 1. The molecule has 1 aliphatic heterocycles. The first-order chi connectivity index (χ1) is 9.58. The summed E-state index contributed by atoms with van der Waals surface area (Å²) in [6, 6.07) is 3.41. The average molecular weight is 295 g/mol. The number of carbonyl (C=O) groups excluding carboxylic acids is 1. The third kappa shape index (κ3) is 2.18. The van der Waals surface area contributed by atoms with E-state index in [1.54, 1.807) is 6.07 Å². The van der Waals surface area contributed by atoms with Crippen LogP contribution in [0.4, 0.5) is 0 Å². The van der Waals surface area contributed by atoms with Crippen molar-refractivity contribution in [3.63, 3.8) is 0 Å². The highest BCUT2D eigenvalue weighted by Gasteiger charge is 2.39. The lowest BCUT2D eigenvalue weighted by Gasteiger charge is -2.16. The minimum absolute atomic E-state index is 0.143. The fourth-order valence-electron chi connectivity index (χ4n) is 3.22. The zero-order valence-electron chi connectivity index (χ0n) is 10.9. The molecule has 20 heavy (non-hydrogen) atoms. The summed E-state index contributed by atoms with van der Waals surface area (Å²) in [4.78, 5) is 23.9. The summed E-state index contributed by atoms with van der Waals surface area (Å²) in [5.74, 6) is -1.48. The maximum Gasteiger partial charge on any atom is 0.307 e. The number of fused-ring (bicyclic) bond motifs is 1. The van der Waals surface area contributed by atoms with Crippen LogP contribution in [0.3, 0.4) is 0 Å². The van der Waals surface area contributed by atoms with E-state index >= 15 is 0 Å². The zero-order chi connectivity index (χ0) is 14.3. The van der Waals surface area contributed by atoms with Crippen molar-refractivity contribution >= 4 is 23.4 Å². The van der Waals surface area contributed by atoms with Gasteiger partial charge < -0.3 is 9.84 Å². The highest BCUT2D eigenvalue weighted by molar-refractivity contribution is 6.31. The Kier molecular flexibility index (Phi) is 3.42. The first-order valence-electron chi connectivity index (χ1n) is 6.80. The lowest BCUT2D eigenvalue weighted by molar-refractivity contribution is -0.142. The van der Waals surface area contributed by atoms with E-state index in [0.29, 0.717) is 35.8 Å². The summed E-state index contributed by atoms with van der Waals surface area (Å²) in [7, 11) is 0. The van der Waals surface area contributed by atoms with Crippen molar-refractivity contribution in [2.24, 2.45) is 11.8 Å². The number of rotatable bonds is 3. The van der Waals surface area contributed by atoms with Gasteiger partial charge >= 0.3 is 5.97 Å². The van der Waals surface area contributed by atoms with Crippen LogP contribution in [0.15, 0.2) is 12.1 Å². The molecule has 0 saturated heterocycles. The highest BCUT2D eigenvalue weighted by atomic mass is 35.5. The van der Waals surface area contributed by atoms with Crippen molar-refractivity contribution in [2.75, 3.05) is 6.61 Å². The molecule has 1 fully saturated rings. The number of Topliss-reactive ketones (excluding diaryl/α,β-unsaturated/α-hetero) is 1. The molecule has 0 bridgehead atoms. The minimum atomic E-state index is -0.888. The molecule has 0 aromatic heterocycles. The van der Waals surface area contributed by atoms with E-state index in [4.69, 9.17) is 16.3 Å². The van der Waals surface area contributed by atoms with Crippen molar-refractivity contribution in [1.29, 1.82) is 0 Å². The van der Waals surface area contributed by atoms with Gasteiger partial charge in [-0.15, -0.1) is 0 Å². The molecule has 1 saturated carbocycles. The van der Waals surface area contributed by atoms with Crippen molar-refractivity contribution in [3.05, 3.63) is 28.3 Å². The van der Waals surface area contributed by atoms with Crippen molar-refractivity contribution < 1.29 is 19.4 Å². The highest BCUT2D eigenvalue weighted by Crippen LogP contribution is 2.39. The lowest BCUT2D eigenvalue weighted by atomic mass is 9.87. The van der Waals surface area contributed by atoms with E-state index in [0.717, 1.165) is 18.4 Å². The normalized spacial score (nSPS) is 24.2. The van der Waals surface area contributed by atoms with E-state index in [-0.39, 0.29) is 5.78 Å². The summed E-state index contributed by atoms with van der Waals surface area (Å²) < 4.78 is 5.53. The molecule has 1 N–H and O–H groups in total. The van der Waals surface area contributed by atoms with Crippen molar-refractivity contribution in [3.8, 4) is 5.75 Å². The molecule has 2 atom stereocenters. The number of ether oxygens (including phenoxy) is 1. The molecule has 2 aliphatic rings. The fourth-order valence-corrected chi connectivity index (χ4v) is 3.46. The number of hydrogen-bond acceptors (Lipinski definition) is 3. The summed E-state index contributed by atoms with van der Waals surface area (Å²) in [6.07, 6.45) is 2.70. The van der Waals surface area contributed by atoms with Gasteiger partial charge in [-0.3, -0.25) is 9.59 Å². The molecule has 1 aromatic carbocycles. The Morgan fingerprint density at radius 1 is 1.25 bits per heavy atom. The Hall–Kier alpha value is -1.55. The molecule has 5 heteroatoms. The molecule has 106 valence electrons. The maximum absolute atomic E-state index is 12.7. The number of halogens is 1. The molecule has 3 rings (SSSR count). The maximum atomic E-state index is 12.7. The lowest BCUT2D eigenvalue weighted by Crippen LogP contribution is -2.25. The van der Waals surface area contributed by atoms with Gasteiger partial charge in [-0.1, -0.05) is 18.0 Å². The van der Waals surface area contributed by atoms with Crippen LogP contribution in [0.5, 0.6) is 5.75 Å². The Morgan fingerprint density at radius 2 is 2.00 bits per heavy atom. The second-order valence-electron chi connectivity index (χ2n) is 5.39. The van der Waals surface area contributed by atoms with Gasteiger partial charge in [0, 0.05) is 17.4 Å². The molecule has 1 aromatic rings. The third-order valence-electron chi connectivity index (χ3n) is 4.18. The Labute approximate surface area is 121 Å². The topological polar surface area (TPSA) is 63.6 Å². The minimum Gasteiger partial charge on any atom is -0.492 e. The molecule has 0 spiro atoms. The molecule has 4 nitrogen and oxygen atoms in total. The van der Waals surface area contributed by atoms with Crippen LogP contribution in [0.2, 0.25) is 5.02 Å².